The Morgan fingerprint density at radius 2 is 0.640 bits per heavy atom. The van der Waals surface area contributed by atoms with E-state index in [4.69, 9.17) is 33.2 Å². The van der Waals surface area contributed by atoms with E-state index in [0.717, 1.165) is 130 Å². The minimum atomic E-state index is -0.457. The number of benzene rings is 7. The number of carbonyl (C=O) groups excluding carboxylic acids is 4. The lowest BCUT2D eigenvalue weighted by atomic mass is 10.0. The topological polar surface area (TPSA) is 230 Å². The number of para-hydroxylation sites is 1. The fourth-order valence-corrected chi connectivity index (χ4v) is 14.5. The van der Waals surface area contributed by atoms with E-state index in [-0.39, 0.29) is 36.4 Å². The van der Waals surface area contributed by atoms with Gasteiger partial charge in [0.1, 0.15) is 39.9 Å². The van der Waals surface area contributed by atoms with Gasteiger partial charge >= 0.3 is 24.3 Å². The molecular formula is C104H112N10O11. The van der Waals surface area contributed by atoms with Gasteiger partial charge in [0.05, 0.1) is 0 Å². The first-order valence-corrected chi connectivity index (χ1v) is 43.1. The molecule has 7 aromatic carbocycles. The van der Waals surface area contributed by atoms with Gasteiger partial charge in [-0.1, -0.05) is 198 Å². The molecule has 2 aliphatic carbocycles. The van der Waals surface area contributed by atoms with Crippen molar-refractivity contribution in [2.24, 2.45) is 0 Å². The molecule has 6 aliphatic rings. The van der Waals surface area contributed by atoms with Crippen molar-refractivity contribution < 1.29 is 52.3 Å². The molecule has 4 aliphatic heterocycles. The molecule has 11 aromatic rings. The standard InChI is InChI=1S/C27H27N3O2.2C22H26N2O3.C17H18N2O.C16H15NO2/c31-27(29-25-19-24(25)22-8-2-1-3-9-22)30-15-12-20(13-16-30)17-21-7-6-10-23(18-21)32-26-11-4-5-14-28-26;2*1-22(2,3)27-21(25)24-13-10-17(11-14-24)15-18-7-6-8-19(16-18)26-20-9-4-5-12-23-20;1-2-9-19-17(6-1)20-16-5-3-4-15(13-16)12-14-7-10-18-11-8-14;18-16(19-13-9-5-2-6-10-13)17-15-11-14(15)12-7-3-1-4-8-12/h1-11,14,17-18,24-25H,12-13,15-16,19H2,(H,29,31);2*4-9,12,15-16H,10-11,13-14H2,1-3H3;1-6,9,12-13,18H,7-8,10-11H2;1-10,14-15H,11H2,(H,17,18). The summed E-state index contributed by atoms with van der Waals surface area (Å²) in [4.78, 5) is 71.0. The number of pyridine rings is 4. The molecule has 8 heterocycles. The Labute approximate surface area is 734 Å². The van der Waals surface area contributed by atoms with Gasteiger partial charge in [-0.3, -0.25) is 0 Å². The van der Waals surface area contributed by atoms with E-state index >= 15 is 0 Å². The van der Waals surface area contributed by atoms with E-state index in [1.165, 1.54) is 39.0 Å². The highest BCUT2D eigenvalue weighted by Crippen LogP contribution is 2.42. The molecule has 4 unspecified atom stereocenters. The second-order valence-corrected chi connectivity index (χ2v) is 33.3. The van der Waals surface area contributed by atoms with Crippen molar-refractivity contribution in [3.63, 3.8) is 0 Å². The number of carbonyl (C=O) groups is 4. The van der Waals surface area contributed by atoms with Gasteiger partial charge in [0.15, 0.2) is 0 Å². The van der Waals surface area contributed by atoms with Gasteiger partial charge in [0.25, 0.3) is 0 Å². The smallest absolute Gasteiger partial charge is 0.412 e. The molecule has 21 heteroatoms. The van der Waals surface area contributed by atoms with Crippen LogP contribution < -0.4 is 39.6 Å². The molecule has 644 valence electrons. The maximum absolute atomic E-state index is 12.7. The third-order valence-corrected chi connectivity index (χ3v) is 21.0. The van der Waals surface area contributed by atoms with E-state index in [9.17, 15) is 19.2 Å². The molecule has 0 bridgehead atoms. The van der Waals surface area contributed by atoms with Crippen LogP contribution in [-0.2, 0) is 9.47 Å². The van der Waals surface area contributed by atoms with Crippen LogP contribution in [0.2, 0.25) is 0 Å². The van der Waals surface area contributed by atoms with Crippen molar-refractivity contribution in [2.45, 2.75) is 141 Å². The molecule has 3 N–H and O–H groups in total. The Balaban J connectivity index is 0.000000136. The second-order valence-electron chi connectivity index (χ2n) is 33.3. The first-order chi connectivity index (χ1) is 60.7. The molecule has 4 aromatic heterocycles. The number of rotatable bonds is 17. The highest BCUT2D eigenvalue weighted by atomic mass is 16.6. The van der Waals surface area contributed by atoms with Gasteiger partial charge in [-0.25, -0.2) is 39.1 Å². The maximum Gasteiger partial charge on any atom is 0.412 e. The number of urea groups is 1. The van der Waals surface area contributed by atoms with Crippen molar-refractivity contribution in [2.75, 3.05) is 52.4 Å². The van der Waals surface area contributed by atoms with Crippen LogP contribution in [0.3, 0.4) is 0 Å². The van der Waals surface area contributed by atoms with Crippen LogP contribution in [0, 0.1) is 0 Å². The normalized spacial score (nSPS) is 16.9. The van der Waals surface area contributed by atoms with Gasteiger partial charge in [-0.05, 0) is 237 Å². The van der Waals surface area contributed by atoms with Gasteiger partial charge in [0, 0.05) is 112 Å². The predicted molar refractivity (Wildman–Crippen MR) is 491 cm³/mol. The summed E-state index contributed by atoms with van der Waals surface area (Å²) >= 11 is 0. The van der Waals surface area contributed by atoms with Crippen molar-refractivity contribution in [1.29, 1.82) is 0 Å². The van der Waals surface area contributed by atoms with E-state index in [1.54, 1.807) is 46.7 Å². The van der Waals surface area contributed by atoms with Crippen LogP contribution in [0.15, 0.2) is 308 Å². The third-order valence-electron chi connectivity index (χ3n) is 21.0. The lowest BCUT2D eigenvalue weighted by molar-refractivity contribution is 0.0226. The summed E-state index contributed by atoms with van der Waals surface area (Å²) in [6, 6.07) is 84.8. The summed E-state index contributed by atoms with van der Waals surface area (Å²) in [5.41, 5.74) is 11.6. The van der Waals surface area contributed by atoms with Gasteiger partial charge in [-0.15, -0.1) is 0 Å². The van der Waals surface area contributed by atoms with Crippen LogP contribution in [0.25, 0.3) is 24.3 Å². The van der Waals surface area contributed by atoms with E-state index in [0.29, 0.717) is 67.3 Å². The Morgan fingerprint density at radius 3 is 0.960 bits per heavy atom. The molecule has 2 saturated carbocycles. The number of piperidine rings is 4. The summed E-state index contributed by atoms with van der Waals surface area (Å²) in [7, 11) is 0. The number of nitrogens with zero attached hydrogens (tertiary/aromatic N) is 7. The number of hydrogen-bond donors (Lipinski definition) is 3. The molecule has 125 heavy (non-hydrogen) atoms. The maximum atomic E-state index is 12.7. The largest absolute Gasteiger partial charge is 0.444 e. The lowest BCUT2D eigenvalue weighted by Crippen LogP contribution is -2.44. The zero-order valence-corrected chi connectivity index (χ0v) is 72.1. The molecule has 5 amide bonds. The van der Waals surface area contributed by atoms with Crippen LogP contribution in [-0.4, -0.2) is 135 Å². The summed E-state index contributed by atoms with van der Waals surface area (Å²) < 4.78 is 39.3. The number of amides is 5. The highest BCUT2D eigenvalue weighted by molar-refractivity contribution is 5.76. The molecule has 6 fully saturated rings. The van der Waals surface area contributed by atoms with Gasteiger partial charge in [-0.2, -0.15) is 0 Å². The summed E-state index contributed by atoms with van der Waals surface area (Å²) in [5.74, 6) is 6.92. The number of aromatic nitrogens is 4. The fourth-order valence-electron chi connectivity index (χ4n) is 14.5. The van der Waals surface area contributed by atoms with Crippen LogP contribution >= 0.6 is 0 Å². The molecular weight excluding hydrogens is 1570 g/mol. The Morgan fingerprint density at radius 1 is 0.344 bits per heavy atom. The molecule has 4 atom stereocenters. The quantitative estimate of drug-likeness (QED) is 0.0769. The molecule has 17 rings (SSSR count). The van der Waals surface area contributed by atoms with E-state index in [1.807, 2.05) is 228 Å². The SMILES string of the molecule is C(=C1CCNCC1)c1cccc(Oc2ccccn2)c1.CC(C)(C)OC(=O)N1CCC(=Cc2cccc(Oc3ccccn3)c2)CC1.CC(C)(C)OC(=O)N1CCC(=Cc2cccc(Oc3ccccn3)c2)CC1.O=C(NC1CC1c1ccccc1)N1CCC(=Cc2cccc(Oc3ccccn3)c2)CC1.O=C(NC1CC1c1ccccc1)Oc1ccccc1. The Kier molecular flexibility index (Phi) is 32.0. The third kappa shape index (κ3) is 30.4. The number of ether oxygens (including phenoxy) is 7. The summed E-state index contributed by atoms with van der Waals surface area (Å²) in [6.07, 6.45) is 24.3. The number of likely N-dealkylation sites (tertiary alicyclic amines) is 3. The monoisotopic (exact) mass is 1680 g/mol. The Hall–Kier alpha value is -13.7. The van der Waals surface area contributed by atoms with Crippen molar-refractivity contribution in [3.05, 3.63) is 341 Å². The molecule has 0 spiro atoms. The predicted octanol–water partition coefficient (Wildman–Crippen LogP) is 23.2. The molecule has 4 saturated heterocycles. The average molecular weight is 1680 g/mol. The van der Waals surface area contributed by atoms with E-state index < -0.39 is 11.2 Å². The number of hydrogen-bond acceptors (Lipinski definition) is 16. The van der Waals surface area contributed by atoms with Gasteiger partial charge in [0.2, 0.25) is 23.5 Å². The minimum Gasteiger partial charge on any atom is -0.444 e. The van der Waals surface area contributed by atoms with Crippen LogP contribution in [0.4, 0.5) is 19.2 Å². The molecule has 21 nitrogen and oxygen atoms in total. The highest BCUT2D eigenvalue weighted by Gasteiger charge is 2.41. The van der Waals surface area contributed by atoms with Crippen molar-refractivity contribution >= 4 is 48.6 Å². The zero-order valence-electron chi connectivity index (χ0n) is 72.1. The van der Waals surface area contributed by atoms with Gasteiger partial charge < -0.3 is 63.8 Å². The van der Waals surface area contributed by atoms with Crippen molar-refractivity contribution in [3.8, 4) is 52.3 Å². The zero-order chi connectivity index (χ0) is 87.0. The second kappa shape index (κ2) is 44.9. The summed E-state index contributed by atoms with van der Waals surface area (Å²) in [5, 5.41) is 9.47. The lowest BCUT2D eigenvalue weighted by Gasteiger charge is -2.31. The first kappa shape index (κ1) is 89.1. The van der Waals surface area contributed by atoms with Crippen LogP contribution in [0.5, 0.6) is 52.3 Å². The molecule has 0 radical (unpaired) electrons. The average Bonchev–Trinajstić information content (AvgIpc) is 1.66. The van der Waals surface area contributed by atoms with E-state index in [2.05, 4.69) is 127 Å². The first-order valence-electron chi connectivity index (χ1n) is 43.1. The summed E-state index contributed by atoms with van der Waals surface area (Å²) in [6.45, 7) is 17.7. The van der Waals surface area contributed by atoms with Crippen molar-refractivity contribution in [1.82, 2.24) is 50.6 Å². The Bertz CT molecular complexity index is 5230. The fraction of sp³-hybridized carbons (Fsp3) is 0.288. The minimum absolute atomic E-state index is 0.0678. The van der Waals surface area contributed by atoms with Crippen LogP contribution in [0.1, 0.15) is 151 Å². The number of nitrogens with one attached hydrogen (secondary N) is 3.